The smallest absolute Gasteiger partial charge is 0.407 e. The molecule has 4 aromatic rings. The Morgan fingerprint density at radius 2 is 1.27 bits per heavy atom. The fourth-order valence-electron chi connectivity index (χ4n) is 5.82. The van der Waals surface area contributed by atoms with Crippen LogP contribution in [0, 0.1) is 6.92 Å². The third-order valence-corrected chi connectivity index (χ3v) is 15.1. The van der Waals surface area contributed by atoms with E-state index in [1.54, 1.807) is 24.3 Å². The van der Waals surface area contributed by atoms with Gasteiger partial charge in [0.05, 0.1) is 23.6 Å². The molecule has 1 aliphatic heterocycles. The van der Waals surface area contributed by atoms with E-state index >= 15 is 0 Å². The second-order valence-electron chi connectivity index (χ2n) is 12.2. The van der Waals surface area contributed by atoms with Crippen molar-refractivity contribution >= 4 is 34.8 Å². The lowest BCUT2D eigenvalue weighted by Gasteiger charge is -2.43. The number of hydrogen-bond donors (Lipinski definition) is 1. The Balaban J connectivity index is 1.41. The standard InChI is InChI=1S/C35H40N2O5SSi/c1-27-20-22-29(23-21-27)43(39,40)37-32(25-41-34(38)36-24-28-14-8-5-9-15-28)33(37)26-42-44(35(2,3)4,30-16-10-6-11-17-30)31-18-12-7-13-19-31/h5-23,32-33H,24-26H2,1-4H3,(H,36,38)/t32-,33+,37?/m0/s1. The fourth-order valence-corrected chi connectivity index (χ4v) is 12.2. The van der Waals surface area contributed by atoms with Crippen LogP contribution in [0.2, 0.25) is 5.04 Å². The zero-order valence-electron chi connectivity index (χ0n) is 25.6. The number of ether oxygens (including phenoxy) is 1. The van der Waals surface area contributed by atoms with Crippen molar-refractivity contribution in [3.63, 3.8) is 0 Å². The summed E-state index contributed by atoms with van der Waals surface area (Å²) in [6.07, 6.45) is -0.597. The van der Waals surface area contributed by atoms with Crippen LogP contribution in [0.4, 0.5) is 4.79 Å². The number of amides is 1. The van der Waals surface area contributed by atoms with Crippen LogP contribution >= 0.6 is 0 Å². The molecule has 4 aromatic carbocycles. The highest BCUT2D eigenvalue weighted by atomic mass is 32.2. The van der Waals surface area contributed by atoms with Crippen LogP contribution in [-0.2, 0) is 25.7 Å². The first-order valence-corrected chi connectivity index (χ1v) is 18.2. The highest BCUT2D eigenvalue weighted by Gasteiger charge is 2.58. The molecule has 7 nitrogen and oxygen atoms in total. The number of carbonyl (C=O) groups is 1. The largest absolute Gasteiger partial charge is 0.448 e. The SMILES string of the molecule is Cc1ccc(S(=O)(=O)N2[C@H](CO[Si](c3ccccc3)(c3ccccc3)C(C)(C)C)[C@@H]2COC(=O)NCc2ccccc2)cc1. The van der Waals surface area contributed by atoms with Crippen LogP contribution in [0.15, 0.2) is 120 Å². The van der Waals surface area contributed by atoms with E-state index in [0.717, 1.165) is 21.5 Å². The molecule has 0 aromatic heterocycles. The summed E-state index contributed by atoms with van der Waals surface area (Å²) in [5.41, 5.74) is 1.91. The van der Waals surface area contributed by atoms with E-state index in [0.29, 0.717) is 6.54 Å². The van der Waals surface area contributed by atoms with E-state index in [-0.39, 0.29) is 23.1 Å². The number of alkyl carbamates (subject to hydrolysis) is 1. The number of nitrogens with zero attached hydrogens (tertiary/aromatic N) is 1. The minimum absolute atomic E-state index is 0.0828. The van der Waals surface area contributed by atoms with Crippen molar-refractivity contribution in [1.29, 1.82) is 0 Å². The summed E-state index contributed by atoms with van der Waals surface area (Å²) in [5, 5.41) is 4.71. The van der Waals surface area contributed by atoms with E-state index in [4.69, 9.17) is 9.16 Å². The number of carbonyl (C=O) groups excluding carboxylic acids is 1. The van der Waals surface area contributed by atoms with Gasteiger partial charge >= 0.3 is 6.09 Å². The van der Waals surface area contributed by atoms with Crippen LogP contribution < -0.4 is 15.7 Å². The topological polar surface area (TPSA) is 84.7 Å². The molecule has 1 amide bonds. The molecule has 1 fully saturated rings. The molecule has 1 unspecified atom stereocenters. The van der Waals surface area contributed by atoms with Gasteiger partial charge in [0.2, 0.25) is 10.0 Å². The zero-order chi connectivity index (χ0) is 31.4. The summed E-state index contributed by atoms with van der Waals surface area (Å²) >= 11 is 0. The molecule has 0 saturated carbocycles. The molecule has 44 heavy (non-hydrogen) atoms. The van der Waals surface area contributed by atoms with Crippen molar-refractivity contribution in [2.45, 2.75) is 56.3 Å². The van der Waals surface area contributed by atoms with Crippen molar-refractivity contribution in [3.05, 3.63) is 126 Å². The lowest BCUT2D eigenvalue weighted by molar-refractivity contribution is 0.143. The minimum atomic E-state index is -3.86. The van der Waals surface area contributed by atoms with E-state index in [1.165, 1.54) is 4.31 Å². The summed E-state index contributed by atoms with van der Waals surface area (Å²) in [6, 6.07) is 35.8. The fraction of sp³-hybridized carbons (Fsp3) is 0.286. The van der Waals surface area contributed by atoms with E-state index < -0.39 is 36.5 Å². The van der Waals surface area contributed by atoms with Crippen LogP contribution in [0.5, 0.6) is 0 Å². The molecule has 0 aliphatic carbocycles. The van der Waals surface area contributed by atoms with Gasteiger partial charge in [0.15, 0.2) is 0 Å². The Kier molecular flexibility index (Phi) is 9.41. The maximum atomic E-state index is 13.9. The van der Waals surface area contributed by atoms with Gasteiger partial charge in [-0.25, -0.2) is 13.2 Å². The lowest BCUT2D eigenvalue weighted by atomic mass is 10.2. The van der Waals surface area contributed by atoms with E-state index in [1.807, 2.05) is 73.7 Å². The number of sulfonamides is 1. The van der Waals surface area contributed by atoms with Crippen molar-refractivity contribution in [2.75, 3.05) is 13.2 Å². The predicted molar refractivity (Wildman–Crippen MR) is 176 cm³/mol. The Labute approximate surface area is 262 Å². The lowest BCUT2D eigenvalue weighted by Crippen LogP contribution is -2.67. The first-order valence-electron chi connectivity index (χ1n) is 14.8. The van der Waals surface area contributed by atoms with Gasteiger partial charge in [0, 0.05) is 6.54 Å². The normalized spacial score (nSPS) is 18.4. The number of rotatable bonds is 11. The summed E-state index contributed by atoms with van der Waals surface area (Å²) in [4.78, 5) is 12.8. The summed E-state index contributed by atoms with van der Waals surface area (Å²) in [7, 11) is -6.77. The first kappa shape index (κ1) is 31.7. The van der Waals surface area contributed by atoms with Gasteiger partial charge in [-0.1, -0.05) is 129 Å². The van der Waals surface area contributed by atoms with Crippen molar-refractivity contribution in [2.24, 2.45) is 0 Å². The van der Waals surface area contributed by atoms with Gasteiger partial charge in [-0.3, -0.25) is 0 Å². The molecule has 1 saturated heterocycles. The minimum Gasteiger partial charge on any atom is -0.448 e. The number of benzene rings is 4. The Bertz CT molecular complexity index is 1610. The molecule has 9 heteroatoms. The maximum absolute atomic E-state index is 13.9. The highest BCUT2D eigenvalue weighted by molar-refractivity contribution is 7.89. The van der Waals surface area contributed by atoms with Crippen molar-refractivity contribution in [3.8, 4) is 0 Å². The summed E-state index contributed by atoms with van der Waals surface area (Å²) < 4.78 is 41.8. The van der Waals surface area contributed by atoms with Crippen LogP contribution in [-0.4, -0.2) is 52.4 Å². The number of hydrogen-bond acceptors (Lipinski definition) is 5. The Morgan fingerprint density at radius 3 is 1.80 bits per heavy atom. The number of aryl methyl sites for hydroxylation is 1. The quantitative estimate of drug-likeness (QED) is 0.182. The second-order valence-corrected chi connectivity index (χ2v) is 18.3. The molecule has 5 rings (SSSR count). The first-order chi connectivity index (χ1) is 21.0. The van der Waals surface area contributed by atoms with Crippen LogP contribution in [0.1, 0.15) is 31.9 Å². The molecule has 1 heterocycles. The highest BCUT2D eigenvalue weighted by Crippen LogP contribution is 2.41. The van der Waals surface area contributed by atoms with Gasteiger partial charge < -0.3 is 14.5 Å². The molecule has 3 atom stereocenters. The molecule has 1 N–H and O–H groups in total. The van der Waals surface area contributed by atoms with Crippen LogP contribution in [0.3, 0.4) is 0 Å². The van der Waals surface area contributed by atoms with Crippen molar-refractivity contribution < 1.29 is 22.4 Å². The molecule has 0 spiro atoms. The van der Waals surface area contributed by atoms with E-state index in [9.17, 15) is 13.2 Å². The average Bonchev–Trinajstić information content (AvgIpc) is 3.74. The third kappa shape index (κ3) is 6.66. The van der Waals surface area contributed by atoms with Gasteiger partial charge in [0.25, 0.3) is 8.32 Å². The zero-order valence-corrected chi connectivity index (χ0v) is 27.5. The second kappa shape index (κ2) is 13.1. The van der Waals surface area contributed by atoms with Gasteiger partial charge in [-0.2, -0.15) is 4.31 Å². The van der Waals surface area contributed by atoms with E-state index in [2.05, 4.69) is 50.4 Å². The van der Waals surface area contributed by atoms with Gasteiger partial charge in [0.1, 0.15) is 6.61 Å². The van der Waals surface area contributed by atoms with Gasteiger partial charge in [-0.05, 0) is 40.0 Å². The molecular formula is C35H40N2O5SSi. The van der Waals surface area contributed by atoms with Crippen LogP contribution in [0.25, 0.3) is 0 Å². The molecule has 230 valence electrons. The van der Waals surface area contributed by atoms with Gasteiger partial charge in [-0.15, -0.1) is 0 Å². The Hall–Kier alpha value is -3.76. The average molecular weight is 629 g/mol. The molecule has 0 radical (unpaired) electrons. The third-order valence-electron chi connectivity index (χ3n) is 8.16. The van der Waals surface area contributed by atoms with Crippen molar-refractivity contribution in [1.82, 2.24) is 9.62 Å². The molecule has 1 aliphatic rings. The summed E-state index contributed by atoms with van der Waals surface area (Å²) in [6.45, 7) is 8.87. The summed E-state index contributed by atoms with van der Waals surface area (Å²) in [5.74, 6) is 0. The Morgan fingerprint density at radius 1 is 0.773 bits per heavy atom. The molecular weight excluding hydrogens is 589 g/mol. The number of nitrogens with one attached hydrogen (secondary N) is 1. The maximum Gasteiger partial charge on any atom is 0.407 e. The predicted octanol–water partition coefficient (Wildman–Crippen LogP) is 5.24. The monoisotopic (exact) mass is 628 g/mol. The molecule has 0 bridgehead atoms.